The zero-order valence-corrected chi connectivity index (χ0v) is 77.6. The summed E-state index contributed by atoms with van der Waals surface area (Å²) < 4.78 is 21.3. The SMILES string of the molecule is CCCCCCCC/C=C\CCCCCCCC(=O)CC(CCCCNC(=O)C(CCCCNC(=O)OC(C)(C)C)NC(=O)OC(C)(C)C)C(=O)NC.CCCCCCCC/C=C\CCCCCCCC(=O)NC(CCCCNC(=O)C(CCCCNC(=O)OC(C)(C)C)NC(=O)OC(C)(C)C)C(=O)NCCCN1CCN(CCCC)CC1. The number of alkyl carbamates (subject to hydrolysis) is 4. The van der Waals surface area contributed by atoms with Crippen LogP contribution in [-0.4, -0.2) is 189 Å². The number of nitrogens with one attached hydrogen (secondary N) is 9. The highest BCUT2D eigenvalue weighted by molar-refractivity contribution is 5.88. The molecular formula is C93H175N11O14. The van der Waals surface area contributed by atoms with E-state index in [4.69, 9.17) is 18.9 Å². The second kappa shape index (κ2) is 70.1. The van der Waals surface area contributed by atoms with Crippen molar-refractivity contribution in [3.8, 4) is 0 Å². The Kier molecular flexibility index (Phi) is 66.2. The fourth-order valence-corrected chi connectivity index (χ4v) is 13.5. The van der Waals surface area contributed by atoms with Gasteiger partial charge in [-0.05, 0) is 244 Å². The van der Waals surface area contributed by atoms with Crippen LogP contribution in [0.4, 0.5) is 19.2 Å². The number of allylic oxidation sites excluding steroid dienone is 4. The van der Waals surface area contributed by atoms with E-state index in [-0.39, 0.29) is 47.7 Å². The van der Waals surface area contributed by atoms with E-state index >= 15 is 0 Å². The van der Waals surface area contributed by atoms with Gasteiger partial charge in [-0.1, -0.05) is 161 Å². The molecule has 4 unspecified atom stereocenters. The van der Waals surface area contributed by atoms with Gasteiger partial charge in [0.05, 0.1) is 0 Å². The number of nitrogens with zero attached hydrogens (tertiary/aromatic N) is 2. The summed E-state index contributed by atoms with van der Waals surface area (Å²) in [4.78, 5) is 132. The van der Waals surface area contributed by atoms with Gasteiger partial charge in [0.2, 0.25) is 29.5 Å². The molecule has 118 heavy (non-hydrogen) atoms. The Hall–Kier alpha value is -6.50. The first-order valence-corrected chi connectivity index (χ1v) is 46.6. The van der Waals surface area contributed by atoms with E-state index in [1.165, 1.54) is 129 Å². The van der Waals surface area contributed by atoms with Crippen LogP contribution < -0.4 is 47.9 Å². The first-order chi connectivity index (χ1) is 56.1. The van der Waals surface area contributed by atoms with Crippen LogP contribution in [0, 0.1) is 5.92 Å². The molecular weight excluding hydrogens is 1500 g/mol. The molecule has 9 N–H and O–H groups in total. The molecule has 0 saturated carbocycles. The van der Waals surface area contributed by atoms with Crippen molar-refractivity contribution in [2.24, 2.45) is 5.92 Å². The van der Waals surface area contributed by atoms with Gasteiger partial charge in [0.15, 0.2) is 0 Å². The van der Waals surface area contributed by atoms with Crippen molar-refractivity contribution in [3.63, 3.8) is 0 Å². The van der Waals surface area contributed by atoms with Crippen LogP contribution in [0.15, 0.2) is 24.3 Å². The first kappa shape index (κ1) is 112. The number of carbonyl (C=O) groups is 10. The molecule has 4 atom stereocenters. The highest BCUT2D eigenvalue weighted by Crippen LogP contribution is 2.20. The van der Waals surface area contributed by atoms with Gasteiger partial charge in [-0.15, -0.1) is 0 Å². The number of Topliss-reactive ketones (excluding diaryl/α,β-unsaturated/α-hetero) is 1. The minimum absolute atomic E-state index is 0.102. The molecule has 9 amide bonds. The molecule has 1 heterocycles. The van der Waals surface area contributed by atoms with Gasteiger partial charge in [-0.3, -0.25) is 28.8 Å². The second-order valence-corrected chi connectivity index (χ2v) is 36.3. The van der Waals surface area contributed by atoms with Crippen molar-refractivity contribution >= 4 is 59.7 Å². The van der Waals surface area contributed by atoms with Gasteiger partial charge >= 0.3 is 24.4 Å². The predicted molar refractivity (Wildman–Crippen MR) is 480 cm³/mol. The summed E-state index contributed by atoms with van der Waals surface area (Å²) in [6.45, 7) is 36.4. The number of hydrogen-bond donors (Lipinski definition) is 9. The van der Waals surface area contributed by atoms with Crippen molar-refractivity contribution in [2.45, 2.75) is 427 Å². The van der Waals surface area contributed by atoms with Gasteiger partial charge in [0.1, 0.15) is 46.3 Å². The van der Waals surface area contributed by atoms with Crippen molar-refractivity contribution < 1.29 is 66.9 Å². The third-order valence-corrected chi connectivity index (χ3v) is 20.1. The molecule has 1 saturated heterocycles. The number of amides is 9. The van der Waals surface area contributed by atoms with E-state index in [0.29, 0.717) is 123 Å². The fraction of sp³-hybridized carbons (Fsp3) is 0.849. The van der Waals surface area contributed by atoms with Crippen LogP contribution in [0.5, 0.6) is 0 Å². The number of unbranched alkanes of at least 4 members (excludes halogenated alkanes) is 27. The molecule has 0 aromatic rings. The summed E-state index contributed by atoms with van der Waals surface area (Å²) in [5.74, 6) is -1.32. The Bertz CT molecular complexity index is 2720. The molecule has 0 radical (unpaired) electrons. The third kappa shape index (κ3) is 71.3. The van der Waals surface area contributed by atoms with Gasteiger partial charge in [0, 0.05) is 91.1 Å². The van der Waals surface area contributed by atoms with Crippen LogP contribution >= 0.6 is 0 Å². The van der Waals surface area contributed by atoms with Crippen LogP contribution in [-0.2, 0) is 47.7 Å². The quantitative estimate of drug-likeness (QED) is 0.0155. The van der Waals surface area contributed by atoms with E-state index in [2.05, 4.69) is 103 Å². The van der Waals surface area contributed by atoms with Crippen LogP contribution in [0.1, 0.15) is 386 Å². The number of rotatable bonds is 66. The molecule has 0 spiro atoms. The van der Waals surface area contributed by atoms with E-state index < -0.39 is 64.9 Å². The number of piperazine rings is 1. The molecule has 0 bridgehead atoms. The Morgan fingerprint density at radius 2 is 0.610 bits per heavy atom. The molecule has 25 nitrogen and oxygen atoms in total. The van der Waals surface area contributed by atoms with Crippen molar-refractivity contribution in [3.05, 3.63) is 24.3 Å². The molecule has 1 fully saturated rings. The first-order valence-electron chi connectivity index (χ1n) is 46.6. The average molecular weight is 1670 g/mol. The fourth-order valence-electron chi connectivity index (χ4n) is 13.5. The van der Waals surface area contributed by atoms with Crippen molar-refractivity contribution in [1.29, 1.82) is 0 Å². The number of hydrogen-bond acceptors (Lipinski definition) is 16. The van der Waals surface area contributed by atoms with Gasteiger partial charge in [-0.2, -0.15) is 0 Å². The maximum Gasteiger partial charge on any atom is 0.408 e. The summed E-state index contributed by atoms with van der Waals surface area (Å²) in [7, 11) is 1.59. The van der Waals surface area contributed by atoms with Crippen molar-refractivity contribution in [1.82, 2.24) is 57.7 Å². The zero-order chi connectivity index (χ0) is 88.1. The summed E-state index contributed by atoms with van der Waals surface area (Å²) in [5, 5.41) is 25.5. The molecule has 25 heteroatoms. The van der Waals surface area contributed by atoms with Gasteiger partial charge in [0.25, 0.3) is 0 Å². The lowest BCUT2D eigenvalue weighted by atomic mass is 9.93. The van der Waals surface area contributed by atoms with Crippen LogP contribution in [0.3, 0.4) is 0 Å². The van der Waals surface area contributed by atoms with E-state index in [1.54, 1.807) is 90.1 Å². The smallest absolute Gasteiger partial charge is 0.408 e. The monoisotopic (exact) mass is 1670 g/mol. The highest BCUT2D eigenvalue weighted by Gasteiger charge is 2.29. The van der Waals surface area contributed by atoms with Gasteiger partial charge < -0.3 is 76.6 Å². The predicted octanol–water partition coefficient (Wildman–Crippen LogP) is 18.5. The normalized spacial score (nSPS) is 13.9. The Morgan fingerprint density at radius 3 is 0.966 bits per heavy atom. The summed E-state index contributed by atoms with van der Waals surface area (Å²) in [6, 6.07) is -2.29. The number of ether oxygens (including phenoxy) is 4. The number of ketones is 1. The van der Waals surface area contributed by atoms with Crippen LogP contribution in [0.2, 0.25) is 0 Å². The largest absolute Gasteiger partial charge is 0.444 e. The topological polar surface area (TPSA) is 322 Å². The van der Waals surface area contributed by atoms with E-state index in [9.17, 15) is 47.9 Å². The van der Waals surface area contributed by atoms with Gasteiger partial charge in [-0.25, -0.2) is 19.2 Å². The molecule has 0 aromatic carbocycles. The molecule has 1 rings (SSSR count). The summed E-state index contributed by atoms with van der Waals surface area (Å²) >= 11 is 0. The molecule has 0 aromatic heterocycles. The highest BCUT2D eigenvalue weighted by atomic mass is 16.6. The van der Waals surface area contributed by atoms with Crippen LogP contribution in [0.25, 0.3) is 0 Å². The van der Waals surface area contributed by atoms with E-state index in [0.717, 1.165) is 96.9 Å². The minimum Gasteiger partial charge on any atom is -0.444 e. The summed E-state index contributed by atoms with van der Waals surface area (Å²) in [5.41, 5.74) is -2.63. The van der Waals surface area contributed by atoms with Crippen molar-refractivity contribution in [2.75, 3.05) is 79.0 Å². The minimum atomic E-state index is -0.828. The van der Waals surface area contributed by atoms with E-state index in [1.807, 2.05) is 0 Å². The molecule has 1 aliphatic heterocycles. The Labute approximate surface area is 716 Å². The molecule has 0 aliphatic carbocycles. The molecule has 1 aliphatic rings. The maximum absolute atomic E-state index is 13.5. The zero-order valence-electron chi connectivity index (χ0n) is 77.6. The lowest BCUT2D eigenvalue weighted by Gasteiger charge is -2.34. The maximum atomic E-state index is 13.5. The number of carbonyl (C=O) groups excluding carboxylic acids is 10. The standard InChI is InChI=1S/C51H97N7O7.C42H78N4O7/c1-9-11-13-14-15-16-17-18-19-20-21-22-23-24-25-33-45(59)55-43(46(60)53-36-30-38-58-41-39-57(40-42-58)37-12-10-2)31-26-28-34-52-47(61)44(56-49(63)65-51(6,7)8)32-27-29-35-54-48(62)64-50(3,4)5;1-9-10-11-12-13-14-15-16-17-18-19-20-21-22-23-29-35(47)33-34(37(48)43-8)28-24-26-31-44-38(49)36(46-40(51)53-42(5,6)7)30-25-27-32-45-39(50)52-41(2,3)4/h18-19,43-44H,9-17,20-42H2,1-8H3,(H,52,61)(H,53,60)(H,54,62)(H,55,59)(H,56,63);16-17,34,36H,9-15,18-33H2,1-8H3,(H,43,48)(H,44,49)(H,45,50)(H,46,51)/b19-18-;17-16-. The molecule has 686 valence electrons. The lowest BCUT2D eigenvalue weighted by molar-refractivity contribution is -0.129. The second-order valence-electron chi connectivity index (χ2n) is 36.3. The lowest BCUT2D eigenvalue weighted by Crippen LogP contribution is -2.49. The third-order valence-electron chi connectivity index (χ3n) is 20.1. The average Bonchev–Trinajstić information content (AvgIpc) is 0.908. The Morgan fingerprint density at radius 1 is 0.314 bits per heavy atom. The Balaban J connectivity index is 0.00000237. The summed E-state index contributed by atoms with van der Waals surface area (Å²) in [6.07, 6.45) is 49.1.